The van der Waals surface area contributed by atoms with Crippen molar-refractivity contribution in [3.05, 3.63) is 34.9 Å². The van der Waals surface area contributed by atoms with Crippen LogP contribution in [0.5, 0.6) is 0 Å². The Hall–Kier alpha value is -0.860. The van der Waals surface area contributed by atoms with Gasteiger partial charge in [-0.1, -0.05) is 39.0 Å². The third kappa shape index (κ3) is 3.56. The Labute approximate surface area is 112 Å². The molecule has 1 aromatic rings. The van der Waals surface area contributed by atoms with Crippen LogP contribution in [0.1, 0.15) is 49.9 Å². The molecule has 0 radical (unpaired) electrons. The zero-order chi connectivity index (χ0) is 13.9. The fourth-order valence-corrected chi connectivity index (χ4v) is 2.33. The Morgan fingerprint density at radius 1 is 1.22 bits per heavy atom. The molecule has 0 fully saturated rings. The lowest BCUT2D eigenvalue weighted by Gasteiger charge is -2.27. The Kier molecular flexibility index (Phi) is 4.94. The molecule has 2 heteroatoms. The Morgan fingerprint density at radius 3 is 2.22 bits per heavy atom. The van der Waals surface area contributed by atoms with Crippen LogP contribution in [0.4, 0.5) is 0 Å². The van der Waals surface area contributed by atoms with Crippen LogP contribution in [0.25, 0.3) is 0 Å². The largest absolute Gasteiger partial charge is 0.396 e. The summed E-state index contributed by atoms with van der Waals surface area (Å²) in [5.74, 6) is 0. The number of nitrogens with zero attached hydrogens (tertiary/aromatic N) is 1. The molecular formula is C16H27NO. The molecule has 1 atom stereocenters. The molecule has 0 spiro atoms. The molecule has 1 unspecified atom stereocenters. The van der Waals surface area contributed by atoms with Crippen molar-refractivity contribution in [2.75, 3.05) is 20.7 Å². The number of rotatable bonds is 4. The summed E-state index contributed by atoms with van der Waals surface area (Å²) >= 11 is 0. The van der Waals surface area contributed by atoms with Crippen LogP contribution in [0.2, 0.25) is 0 Å². The first-order chi connectivity index (χ1) is 8.27. The highest BCUT2D eigenvalue weighted by Crippen LogP contribution is 2.29. The van der Waals surface area contributed by atoms with Crippen LogP contribution in [-0.2, 0) is 5.41 Å². The van der Waals surface area contributed by atoms with Gasteiger partial charge in [0.25, 0.3) is 0 Å². The van der Waals surface area contributed by atoms with E-state index in [9.17, 15) is 5.11 Å². The molecule has 0 amide bonds. The van der Waals surface area contributed by atoms with Crippen molar-refractivity contribution >= 4 is 0 Å². The third-order valence-electron chi connectivity index (χ3n) is 3.52. The molecule has 0 heterocycles. The molecule has 0 saturated carbocycles. The Bertz CT molecular complexity index is 391. The molecule has 1 rings (SSSR count). The number of hydrogen-bond donors (Lipinski definition) is 1. The summed E-state index contributed by atoms with van der Waals surface area (Å²) in [4.78, 5) is 2.18. The molecule has 2 nitrogen and oxygen atoms in total. The summed E-state index contributed by atoms with van der Waals surface area (Å²) in [6.45, 7) is 9.09. The molecular weight excluding hydrogens is 222 g/mol. The van der Waals surface area contributed by atoms with Crippen LogP contribution in [-0.4, -0.2) is 30.7 Å². The average Bonchev–Trinajstić information content (AvgIpc) is 2.24. The van der Waals surface area contributed by atoms with Gasteiger partial charge in [-0.15, -0.1) is 0 Å². The predicted octanol–water partition coefficient (Wildman–Crippen LogP) is 3.28. The first kappa shape index (κ1) is 15.2. The Morgan fingerprint density at radius 2 is 1.83 bits per heavy atom. The van der Waals surface area contributed by atoms with Crippen LogP contribution in [0.3, 0.4) is 0 Å². The maximum atomic E-state index is 9.19. The molecule has 102 valence electrons. The highest BCUT2D eigenvalue weighted by atomic mass is 16.3. The minimum atomic E-state index is 0.188. The number of hydrogen-bond acceptors (Lipinski definition) is 2. The van der Waals surface area contributed by atoms with Gasteiger partial charge >= 0.3 is 0 Å². The van der Waals surface area contributed by atoms with E-state index in [2.05, 4.69) is 64.9 Å². The molecule has 0 aromatic heterocycles. The maximum Gasteiger partial charge on any atom is 0.0449 e. The van der Waals surface area contributed by atoms with Crippen LogP contribution in [0, 0.1) is 6.92 Å². The standard InChI is InChI=1S/C16H27NO/c1-12-11-13(16(2,3)4)7-8-14(12)15(9-10-18)17(5)6/h7-8,11,15,18H,9-10H2,1-6H3. The van der Waals surface area contributed by atoms with E-state index in [0.717, 1.165) is 6.42 Å². The molecule has 0 saturated heterocycles. The monoisotopic (exact) mass is 249 g/mol. The number of aryl methyl sites for hydroxylation is 1. The van der Waals surface area contributed by atoms with E-state index in [1.165, 1.54) is 16.7 Å². The van der Waals surface area contributed by atoms with Crippen molar-refractivity contribution in [1.82, 2.24) is 4.90 Å². The minimum Gasteiger partial charge on any atom is -0.396 e. The first-order valence-electron chi connectivity index (χ1n) is 6.65. The van der Waals surface area contributed by atoms with Gasteiger partial charge in [0, 0.05) is 12.6 Å². The van der Waals surface area contributed by atoms with Crippen molar-refractivity contribution in [2.45, 2.75) is 45.6 Å². The normalized spacial score (nSPS) is 14.0. The predicted molar refractivity (Wildman–Crippen MR) is 78.0 cm³/mol. The summed E-state index contributed by atoms with van der Waals surface area (Å²) in [6, 6.07) is 7.01. The van der Waals surface area contributed by atoms with Crippen LogP contribution < -0.4 is 0 Å². The van der Waals surface area contributed by atoms with Crippen molar-refractivity contribution in [3.63, 3.8) is 0 Å². The third-order valence-corrected chi connectivity index (χ3v) is 3.52. The summed E-state index contributed by atoms with van der Waals surface area (Å²) < 4.78 is 0. The van der Waals surface area contributed by atoms with Gasteiger partial charge < -0.3 is 10.0 Å². The highest BCUT2D eigenvalue weighted by molar-refractivity contribution is 5.36. The smallest absolute Gasteiger partial charge is 0.0449 e. The van der Waals surface area contributed by atoms with Gasteiger partial charge in [0.1, 0.15) is 0 Å². The number of aliphatic hydroxyl groups excluding tert-OH is 1. The van der Waals surface area contributed by atoms with Crippen LogP contribution in [0.15, 0.2) is 18.2 Å². The van der Waals surface area contributed by atoms with E-state index in [0.29, 0.717) is 6.04 Å². The summed E-state index contributed by atoms with van der Waals surface area (Å²) in [7, 11) is 4.13. The van der Waals surface area contributed by atoms with Gasteiger partial charge in [-0.25, -0.2) is 0 Å². The van der Waals surface area contributed by atoms with Crippen LogP contribution >= 0.6 is 0 Å². The fraction of sp³-hybridized carbons (Fsp3) is 0.625. The SMILES string of the molecule is Cc1cc(C(C)(C)C)ccc1C(CCO)N(C)C. The minimum absolute atomic E-state index is 0.188. The van der Waals surface area contributed by atoms with Gasteiger partial charge in [0.15, 0.2) is 0 Å². The molecule has 1 aromatic carbocycles. The van der Waals surface area contributed by atoms with E-state index in [1.807, 2.05) is 0 Å². The number of aliphatic hydroxyl groups is 1. The summed E-state index contributed by atoms with van der Waals surface area (Å²) in [6.07, 6.45) is 0.780. The van der Waals surface area contributed by atoms with E-state index < -0.39 is 0 Å². The van der Waals surface area contributed by atoms with Crippen molar-refractivity contribution in [1.29, 1.82) is 0 Å². The second kappa shape index (κ2) is 5.85. The first-order valence-corrected chi connectivity index (χ1v) is 6.65. The quantitative estimate of drug-likeness (QED) is 0.885. The molecule has 1 N–H and O–H groups in total. The summed E-state index contributed by atoms with van der Waals surface area (Å²) in [5.41, 5.74) is 4.19. The molecule has 0 bridgehead atoms. The van der Waals surface area contributed by atoms with Gasteiger partial charge in [0.2, 0.25) is 0 Å². The average molecular weight is 249 g/mol. The molecule has 0 aliphatic carbocycles. The highest BCUT2D eigenvalue weighted by Gasteiger charge is 2.19. The molecule has 0 aliphatic heterocycles. The lowest BCUT2D eigenvalue weighted by atomic mass is 9.84. The number of benzene rings is 1. The molecule has 18 heavy (non-hydrogen) atoms. The second-order valence-electron chi connectivity index (χ2n) is 6.31. The van der Waals surface area contributed by atoms with E-state index in [4.69, 9.17) is 0 Å². The fourth-order valence-electron chi connectivity index (χ4n) is 2.33. The zero-order valence-corrected chi connectivity index (χ0v) is 12.6. The topological polar surface area (TPSA) is 23.5 Å². The molecule has 0 aliphatic rings. The van der Waals surface area contributed by atoms with E-state index in [1.54, 1.807) is 0 Å². The zero-order valence-electron chi connectivity index (χ0n) is 12.6. The maximum absolute atomic E-state index is 9.19. The van der Waals surface area contributed by atoms with E-state index in [-0.39, 0.29) is 12.0 Å². The lowest BCUT2D eigenvalue weighted by molar-refractivity contribution is 0.210. The van der Waals surface area contributed by atoms with Crippen molar-refractivity contribution < 1.29 is 5.11 Å². The van der Waals surface area contributed by atoms with Gasteiger partial charge in [-0.3, -0.25) is 0 Å². The lowest BCUT2D eigenvalue weighted by Crippen LogP contribution is -2.22. The van der Waals surface area contributed by atoms with Crippen molar-refractivity contribution in [2.24, 2.45) is 0 Å². The van der Waals surface area contributed by atoms with Gasteiger partial charge in [-0.2, -0.15) is 0 Å². The van der Waals surface area contributed by atoms with Gasteiger partial charge in [0.05, 0.1) is 0 Å². The Balaban J connectivity index is 3.11. The van der Waals surface area contributed by atoms with Crippen molar-refractivity contribution in [3.8, 4) is 0 Å². The second-order valence-corrected chi connectivity index (χ2v) is 6.31. The van der Waals surface area contributed by atoms with E-state index >= 15 is 0 Å². The summed E-state index contributed by atoms with van der Waals surface area (Å²) in [5, 5.41) is 9.19. The van der Waals surface area contributed by atoms with Gasteiger partial charge in [-0.05, 0) is 49.5 Å².